The molecule has 0 saturated heterocycles. The maximum absolute atomic E-state index is 5.65. The van der Waals surface area contributed by atoms with Gasteiger partial charge in [0.2, 0.25) is 0 Å². The molecule has 0 radical (unpaired) electrons. The lowest BCUT2D eigenvalue weighted by Gasteiger charge is -2.36. The Bertz CT molecular complexity index is 320. The van der Waals surface area contributed by atoms with Gasteiger partial charge in [0.05, 0.1) is 23.5 Å². The Labute approximate surface area is 97.2 Å². The molecule has 0 aliphatic rings. The second kappa shape index (κ2) is 5.41. The van der Waals surface area contributed by atoms with Gasteiger partial charge in [-0.05, 0) is 19.9 Å². The average Bonchev–Trinajstić information content (AvgIpc) is 2.71. The van der Waals surface area contributed by atoms with Crippen molar-refractivity contribution < 1.29 is 4.74 Å². The van der Waals surface area contributed by atoms with Gasteiger partial charge in [-0.3, -0.25) is 4.68 Å². The number of hydrogen-bond acceptors (Lipinski definition) is 4. The number of likely N-dealkylation sites (N-methyl/N-ethyl adjacent to an activating group) is 1. The van der Waals surface area contributed by atoms with Crippen LogP contribution in [0.2, 0.25) is 0 Å². The van der Waals surface area contributed by atoms with Crippen LogP contribution in [-0.2, 0) is 11.8 Å². The van der Waals surface area contributed by atoms with Crippen LogP contribution in [0.25, 0.3) is 0 Å². The third-order valence-electron chi connectivity index (χ3n) is 3.23. The third-order valence-corrected chi connectivity index (χ3v) is 3.23. The van der Waals surface area contributed by atoms with Gasteiger partial charge in [0.25, 0.3) is 0 Å². The van der Waals surface area contributed by atoms with E-state index in [1.54, 1.807) is 18.0 Å². The Morgan fingerprint density at radius 1 is 1.56 bits per heavy atom. The Balaban J connectivity index is 3.03. The van der Waals surface area contributed by atoms with Gasteiger partial charge in [-0.1, -0.05) is 19.1 Å². The van der Waals surface area contributed by atoms with Crippen LogP contribution in [0, 0.1) is 0 Å². The van der Waals surface area contributed by atoms with Crippen molar-refractivity contribution in [3.05, 3.63) is 11.9 Å². The summed E-state index contributed by atoms with van der Waals surface area (Å²) in [5.41, 5.74) is 0.805. The number of methoxy groups -OCH3 is 1. The van der Waals surface area contributed by atoms with E-state index in [1.165, 1.54) is 0 Å². The summed E-state index contributed by atoms with van der Waals surface area (Å²) in [6.07, 6.45) is 2.71. The summed E-state index contributed by atoms with van der Waals surface area (Å²) in [7, 11) is 3.65. The maximum atomic E-state index is 5.65. The predicted molar refractivity (Wildman–Crippen MR) is 63.1 cm³/mol. The lowest BCUT2D eigenvalue weighted by atomic mass is 9.90. The molecule has 0 bridgehead atoms. The minimum Gasteiger partial charge on any atom is -0.376 e. The van der Waals surface area contributed by atoms with Gasteiger partial charge >= 0.3 is 0 Å². The number of aryl methyl sites for hydroxylation is 1. The standard InChI is InChI=1S/C11H22N4O/c1-6-11(3,16-5)10(12-7-2)9-8-13-14-15(9)4/h8,10,12H,6-7H2,1-5H3. The van der Waals surface area contributed by atoms with E-state index in [1.807, 2.05) is 7.05 Å². The molecule has 0 aromatic carbocycles. The molecule has 0 aliphatic heterocycles. The van der Waals surface area contributed by atoms with E-state index in [2.05, 4.69) is 36.4 Å². The Morgan fingerprint density at radius 2 is 2.25 bits per heavy atom. The van der Waals surface area contributed by atoms with Crippen molar-refractivity contribution in [1.29, 1.82) is 0 Å². The third kappa shape index (κ3) is 2.41. The van der Waals surface area contributed by atoms with Crippen LogP contribution in [0.1, 0.15) is 38.9 Å². The fourth-order valence-corrected chi connectivity index (χ4v) is 1.86. The summed E-state index contributed by atoms with van der Waals surface area (Å²) in [6.45, 7) is 7.20. The highest BCUT2D eigenvalue weighted by Gasteiger charge is 2.35. The van der Waals surface area contributed by atoms with E-state index in [0.717, 1.165) is 18.7 Å². The monoisotopic (exact) mass is 226 g/mol. The predicted octanol–water partition coefficient (Wildman–Crippen LogP) is 1.28. The van der Waals surface area contributed by atoms with Crippen LogP contribution < -0.4 is 5.32 Å². The van der Waals surface area contributed by atoms with Crippen molar-refractivity contribution in [1.82, 2.24) is 20.3 Å². The molecular formula is C11H22N4O. The van der Waals surface area contributed by atoms with Gasteiger partial charge in [0, 0.05) is 14.2 Å². The molecule has 92 valence electrons. The van der Waals surface area contributed by atoms with Gasteiger partial charge in [-0.25, -0.2) is 0 Å². The zero-order chi connectivity index (χ0) is 12.2. The van der Waals surface area contributed by atoms with Crippen LogP contribution in [0.15, 0.2) is 6.20 Å². The van der Waals surface area contributed by atoms with Crippen LogP contribution in [0.3, 0.4) is 0 Å². The van der Waals surface area contributed by atoms with E-state index in [4.69, 9.17) is 4.74 Å². The second-order valence-electron chi connectivity index (χ2n) is 4.14. The second-order valence-corrected chi connectivity index (χ2v) is 4.14. The first kappa shape index (κ1) is 13.1. The molecule has 1 heterocycles. The molecule has 16 heavy (non-hydrogen) atoms. The molecule has 2 atom stereocenters. The fourth-order valence-electron chi connectivity index (χ4n) is 1.86. The summed E-state index contributed by atoms with van der Waals surface area (Å²) in [4.78, 5) is 0. The highest BCUT2D eigenvalue weighted by Crippen LogP contribution is 2.30. The number of nitrogens with zero attached hydrogens (tertiary/aromatic N) is 3. The average molecular weight is 226 g/mol. The number of rotatable bonds is 6. The molecule has 1 aromatic heterocycles. The first-order valence-electron chi connectivity index (χ1n) is 5.72. The Kier molecular flexibility index (Phi) is 4.44. The van der Waals surface area contributed by atoms with Crippen molar-refractivity contribution in [3.8, 4) is 0 Å². The van der Waals surface area contributed by atoms with Crippen LogP contribution in [-0.4, -0.2) is 34.2 Å². The van der Waals surface area contributed by atoms with Crippen molar-refractivity contribution in [2.75, 3.05) is 13.7 Å². The summed E-state index contributed by atoms with van der Waals surface area (Å²) in [5.74, 6) is 0. The van der Waals surface area contributed by atoms with Crippen molar-refractivity contribution in [2.24, 2.45) is 7.05 Å². The highest BCUT2D eigenvalue weighted by atomic mass is 16.5. The molecular weight excluding hydrogens is 204 g/mol. The molecule has 2 unspecified atom stereocenters. The largest absolute Gasteiger partial charge is 0.376 e. The van der Waals surface area contributed by atoms with E-state index in [-0.39, 0.29) is 11.6 Å². The summed E-state index contributed by atoms with van der Waals surface area (Å²) in [5, 5.41) is 11.3. The number of aromatic nitrogens is 3. The molecule has 0 amide bonds. The van der Waals surface area contributed by atoms with E-state index in [0.29, 0.717) is 0 Å². The summed E-state index contributed by atoms with van der Waals surface area (Å²) < 4.78 is 7.44. The first-order valence-corrected chi connectivity index (χ1v) is 5.72. The maximum Gasteiger partial charge on any atom is 0.0857 e. The first-order chi connectivity index (χ1) is 7.59. The van der Waals surface area contributed by atoms with Crippen LogP contribution >= 0.6 is 0 Å². The van der Waals surface area contributed by atoms with E-state index in [9.17, 15) is 0 Å². The van der Waals surface area contributed by atoms with Crippen LogP contribution in [0.4, 0.5) is 0 Å². The highest BCUT2D eigenvalue weighted by molar-refractivity contribution is 5.09. The number of ether oxygens (including phenoxy) is 1. The van der Waals surface area contributed by atoms with Gasteiger partial charge in [0.15, 0.2) is 0 Å². The molecule has 0 fully saturated rings. The van der Waals surface area contributed by atoms with Gasteiger partial charge in [0.1, 0.15) is 0 Å². The van der Waals surface area contributed by atoms with E-state index >= 15 is 0 Å². The Hall–Kier alpha value is -0.940. The van der Waals surface area contributed by atoms with Gasteiger partial charge < -0.3 is 10.1 Å². The van der Waals surface area contributed by atoms with Crippen molar-refractivity contribution in [3.63, 3.8) is 0 Å². The molecule has 1 aromatic rings. The quantitative estimate of drug-likeness (QED) is 0.794. The van der Waals surface area contributed by atoms with Crippen LogP contribution in [0.5, 0.6) is 0 Å². The Morgan fingerprint density at radius 3 is 2.62 bits per heavy atom. The van der Waals surface area contributed by atoms with Crippen molar-refractivity contribution >= 4 is 0 Å². The lowest BCUT2D eigenvalue weighted by molar-refractivity contribution is -0.0316. The normalized spacial score (nSPS) is 17.1. The zero-order valence-corrected chi connectivity index (χ0v) is 10.8. The zero-order valence-electron chi connectivity index (χ0n) is 10.8. The topological polar surface area (TPSA) is 52.0 Å². The molecule has 5 heteroatoms. The number of nitrogens with one attached hydrogen (secondary N) is 1. The molecule has 1 rings (SSSR count). The molecule has 1 N–H and O–H groups in total. The smallest absolute Gasteiger partial charge is 0.0857 e. The molecule has 5 nitrogen and oxygen atoms in total. The fraction of sp³-hybridized carbons (Fsp3) is 0.818. The minimum atomic E-state index is -0.245. The SMILES string of the molecule is CCNC(c1cnnn1C)C(C)(CC)OC. The number of hydrogen-bond donors (Lipinski definition) is 1. The van der Waals surface area contributed by atoms with Crippen molar-refractivity contribution in [2.45, 2.75) is 38.8 Å². The molecule has 0 aliphatic carbocycles. The molecule has 0 spiro atoms. The lowest BCUT2D eigenvalue weighted by Crippen LogP contribution is -2.43. The van der Waals surface area contributed by atoms with Gasteiger partial charge in [-0.2, -0.15) is 0 Å². The van der Waals surface area contributed by atoms with E-state index < -0.39 is 0 Å². The minimum absolute atomic E-state index is 0.104. The molecule has 0 saturated carbocycles. The van der Waals surface area contributed by atoms with Gasteiger partial charge in [-0.15, -0.1) is 5.10 Å². The summed E-state index contributed by atoms with van der Waals surface area (Å²) in [6, 6.07) is 0.104. The summed E-state index contributed by atoms with van der Waals surface area (Å²) >= 11 is 0.